The third-order valence-corrected chi connectivity index (χ3v) is 6.07. The Kier molecular flexibility index (Phi) is 5.63. The van der Waals surface area contributed by atoms with Crippen LogP contribution in [0.4, 0.5) is 23.2 Å². The minimum Gasteiger partial charge on any atom is -0.324 e. The van der Waals surface area contributed by atoms with Crippen LogP contribution >= 0.6 is 0 Å². The van der Waals surface area contributed by atoms with E-state index in [9.17, 15) is 27.2 Å². The minimum atomic E-state index is -4.46. The minimum absolute atomic E-state index is 0.00638. The highest BCUT2D eigenvalue weighted by atomic mass is 19.4. The molecule has 2 aliphatic rings. The summed E-state index contributed by atoms with van der Waals surface area (Å²) in [5.74, 6) is -1.70. The van der Waals surface area contributed by atoms with Crippen molar-refractivity contribution >= 4 is 17.5 Å². The number of nitrogens with zero attached hydrogens (tertiary/aromatic N) is 3. The molecule has 0 aromatic heterocycles. The van der Waals surface area contributed by atoms with E-state index in [4.69, 9.17) is 5.26 Å². The Morgan fingerprint density at radius 2 is 1.75 bits per heavy atom. The van der Waals surface area contributed by atoms with Gasteiger partial charge in [0.1, 0.15) is 18.4 Å². The van der Waals surface area contributed by atoms with Crippen molar-refractivity contribution in [2.24, 2.45) is 5.92 Å². The highest BCUT2D eigenvalue weighted by Gasteiger charge is 2.46. The Morgan fingerprint density at radius 3 is 2.28 bits per heavy atom. The van der Waals surface area contributed by atoms with Gasteiger partial charge in [-0.2, -0.15) is 18.4 Å². The maximum atomic E-state index is 14.6. The van der Waals surface area contributed by atoms with Gasteiger partial charge in [-0.25, -0.2) is 4.39 Å². The summed E-state index contributed by atoms with van der Waals surface area (Å²) in [6.07, 6.45) is -2.09. The molecule has 1 heterocycles. The van der Waals surface area contributed by atoms with Gasteiger partial charge in [0.05, 0.1) is 22.9 Å². The largest absolute Gasteiger partial charge is 0.416 e. The Morgan fingerprint density at radius 1 is 1.06 bits per heavy atom. The van der Waals surface area contributed by atoms with E-state index in [1.165, 1.54) is 29.2 Å². The first-order valence-electron chi connectivity index (χ1n) is 10.2. The van der Waals surface area contributed by atoms with Crippen molar-refractivity contribution in [1.82, 2.24) is 4.90 Å². The smallest absolute Gasteiger partial charge is 0.324 e. The molecule has 1 aliphatic carbocycles. The van der Waals surface area contributed by atoms with Crippen molar-refractivity contribution in [3.05, 3.63) is 65.0 Å². The molecule has 166 valence electrons. The number of hydrogen-bond acceptors (Lipinski definition) is 3. The summed E-state index contributed by atoms with van der Waals surface area (Å²) in [6, 6.07) is 9.19. The van der Waals surface area contributed by atoms with Crippen molar-refractivity contribution in [2.45, 2.75) is 38.0 Å². The number of halogens is 4. The van der Waals surface area contributed by atoms with Gasteiger partial charge in [-0.15, -0.1) is 0 Å². The van der Waals surface area contributed by atoms with Crippen LogP contribution in [0.25, 0.3) is 0 Å². The molecule has 0 N–H and O–H groups in total. The van der Waals surface area contributed by atoms with E-state index in [-0.39, 0.29) is 30.3 Å². The van der Waals surface area contributed by atoms with Crippen LogP contribution in [0, 0.1) is 23.1 Å². The number of carbonyl (C=O) groups is 2. The average molecular weight is 445 g/mol. The SMILES string of the molecule is N#Cc1ccc(N2CC(=O)N(Cc3ccc(C(F)(F)F)cc3)C(C3CCC3)C2=O)c(F)c1. The molecular formula is C23H19F4N3O2. The molecule has 0 bridgehead atoms. The third kappa shape index (κ3) is 4.05. The molecule has 9 heteroatoms. The quantitative estimate of drug-likeness (QED) is 0.661. The van der Waals surface area contributed by atoms with Crippen LogP contribution in [0.5, 0.6) is 0 Å². The summed E-state index contributed by atoms with van der Waals surface area (Å²) in [7, 11) is 0. The van der Waals surface area contributed by atoms with Gasteiger partial charge in [-0.1, -0.05) is 18.6 Å². The molecule has 1 saturated carbocycles. The number of benzene rings is 2. The first-order valence-corrected chi connectivity index (χ1v) is 10.2. The number of piperazine rings is 1. The van der Waals surface area contributed by atoms with Gasteiger partial charge in [0.25, 0.3) is 5.91 Å². The number of carbonyl (C=O) groups excluding carboxylic acids is 2. The van der Waals surface area contributed by atoms with Crippen molar-refractivity contribution in [3.8, 4) is 6.07 Å². The van der Waals surface area contributed by atoms with Gasteiger partial charge in [0.2, 0.25) is 5.91 Å². The number of nitriles is 1. The summed E-state index contributed by atoms with van der Waals surface area (Å²) in [5, 5.41) is 8.93. The van der Waals surface area contributed by atoms with Crippen molar-refractivity contribution < 1.29 is 27.2 Å². The Balaban J connectivity index is 1.61. The second-order valence-corrected chi connectivity index (χ2v) is 8.05. The summed E-state index contributed by atoms with van der Waals surface area (Å²) in [6.45, 7) is -0.390. The predicted octanol–water partition coefficient (Wildman–Crippen LogP) is 4.26. The molecule has 0 spiro atoms. The lowest BCUT2D eigenvalue weighted by Gasteiger charge is -2.46. The van der Waals surface area contributed by atoms with Gasteiger partial charge in [0.15, 0.2) is 0 Å². The first-order chi connectivity index (χ1) is 15.2. The summed E-state index contributed by atoms with van der Waals surface area (Å²) in [5.41, 5.74) is -0.288. The first kappa shape index (κ1) is 21.8. The molecule has 4 rings (SSSR count). The molecule has 2 fully saturated rings. The predicted molar refractivity (Wildman–Crippen MR) is 107 cm³/mol. The maximum Gasteiger partial charge on any atom is 0.416 e. The molecule has 2 aromatic rings. The fourth-order valence-electron chi connectivity index (χ4n) is 4.15. The fourth-order valence-corrected chi connectivity index (χ4v) is 4.15. The Bertz CT molecular complexity index is 1090. The summed E-state index contributed by atoms with van der Waals surface area (Å²) in [4.78, 5) is 28.9. The van der Waals surface area contributed by atoms with Crippen molar-refractivity contribution in [1.29, 1.82) is 5.26 Å². The lowest BCUT2D eigenvalue weighted by Crippen LogP contribution is -2.63. The third-order valence-electron chi connectivity index (χ3n) is 6.07. The number of anilines is 1. The van der Waals surface area contributed by atoms with Gasteiger partial charge in [0, 0.05) is 6.54 Å². The summed E-state index contributed by atoms with van der Waals surface area (Å²) < 4.78 is 53.1. The van der Waals surface area contributed by atoms with E-state index in [1.54, 1.807) is 0 Å². The molecular weight excluding hydrogens is 426 g/mol. The second-order valence-electron chi connectivity index (χ2n) is 8.05. The second kappa shape index (κ2) is 8.26. The van der Waals surface area contributed by atoms with E-state index in [0.29, 0.717) is 5.56 Å². The molecule has 1 saturated heterocycles. The van der Waals surface area contributed by atoms with Gasteiger partial charge >= 0.3 is 6.18 Å². The number of amides is 2. The zero-order valence-corrected chi connectivity index (χ0v) is 16.9. The van der Waals surface area contributed by atoms with Gasteiger partial charge < -0.3 is 4.90 Å². The van der Waals surface area contributed by atoms with Crippen LogP contribution in [0.15, 0.2) is 42.5 Å². The topological polar surface area (TPSA) is 64.4 Å². The van der Waals surface area contributed by atoms with E-state index in [1.807, 2.05) is 6.07 Å². The summed E-state index contributed by atoms with van der Waals surface area (Å²) >= 11 is 0. The number of alkyl halides is 3. The van der Waals surface area contributed by atoms with Crippen LogP contribution in [-0.2, 0) is 22.3 Å². The Labute approximate surface area is 181 Å². The molecule has 32 heavy (non-hydrogen) atoms. The highest BCUT2D eigenvalue weighted by molar-refractivity contribution is 6.06. The lowest BCUT2D eigenvalue weighted by molar-refractivity contribution is -0.147. The molecule has 1 unspecified atom stereocenters. The van der Waals surface area contributed by atoms with Gasteiger partial charge in [-0.3, -0.25) is 14.5 Å². The van der Waals surface area contributed by atoms with Crippen molar-refractivity contribution in [2.75, 3.05) is 11.4 Å². The molecule has 2 aromatic carbocycles. The molecule has 1 atom stereocenters. The zero-order valence-electron chi connectivity index (χ0n) is 16.9. The molecule has 5 nitrogen and oxygen atoms in total. The van der Waals surface area contributed by atoms with Crippen LogP contribution in [-0.4, -0.2) is 29.3 Å². The Hall–Kier alpha value is -3.41. The zero-order chi connectivity index (χ0) is 23.0. The van der Waals surface area contributed by atoms with Crippen LogP contribution in [0.3, 0.4) is 0 Å². The van der Waals surface area contributed by atoms with Crippen molar-refractivity contribution in [3.63, 3.8) is 0 Å². The molecule has 1 aliphatic heterocycles. The highest BCUT2D eigenvalue weighted by Crippen LogP contribution is 2.37. The van der Waals surface area contributed by atoms with E-state index in [2.05, 4.69) is 0 Å². The van der Waals surface area contributed by atoms with E-state index in [0.717, 1.165) is 42.4 Å². The lowest BCUT2D eigenvalue weighted by atomic mass is 9.77. The number of hydrogen-bond donors (Lipinski definition) is 0. The standard InChI is InChI=1S/C23H19F4N3O2/c24-18-10-15(11-28)6-9-19(18)29-13-20(31)30(21(22(29)32)16-2-1-3-16)12-14-4-7-17(8-5-14)23(25,26)27/h4-10,16,21H,1-3,12-13H2. The van der Waals surface area contributed by atoms with E-state index >= 15 is 0 Å². The normalized spacial score (nSPS) is 19.7. The maximum absolute atomic E-state index is 14.6. The molecule has 0 radical (unpaired) electrons. The van der Waals surface area contributed by atoms with Crippen LogP contribution < -0.4 is 4.90 Å². The van der Waals surface area contributed by atoms with Crippen LogP contribution in [0.1, 0.15) is 36.0 Å². The fraction of sp³-hybridized carbons (Fsp3) is 0.348. The monoisotopic (exact) mass is 445 g/mol. The van der Waals surface area contributed by atoms with E-state index < -0.39 is 35.4 Å². The molecule has 2 amide bonds. The van der Waals surface area contributed by atoms with Crippen LogP contribution in [0.2, 0.25) is 0 Å². The van der Waals surface area contributed by atoms with Gasteiger partial charge in [-0.05, 0) is 54.7 Å². The number of rotatable bonds is 4. The average Bonchev–Trinajstić information content (AvgIpc) is 2.71.